The van der Waals surface area contributed by atoms with Crippen molar-refractivity contribution in [2.24, 2.45) is 11.8 Å². The van der Waals surface area contributed by atoms with Crippen molar-refractivity contribution in [1.82, 2.24) is 10.2 Å². The summed E-state index contributed by atoms with van der Waals surface area (Å²) in [5, 5.41) is 12.4. The first kappa shape index (κ1) is 18.1. The molecule has 2 aliphatic carbocycles. The Labute approximate surface area is 147 Å². The van der Waals surface area contributed by atoms with E-state index >= 15 is 0 Å². The number of nitrogens with one attached hydrogen (secondary N) is 1. The fraction of sp³-hybridized carbons (Fsp3) is 0.833. The van der Waals surface area contributed by atoms with Crippen LogP contribution in [0, 0.1) is 23.2 Å². The lowest BCUT2D eigenvalue weighted by Crippen LogP contribution is -2.48. The standard InChI is InChI=1S/C18H26FN3O3/c1-11(23)25-16-3-12-6-18(2,7-13(12)4-16)21-9-17(24)22-10-14(19)5-15(22)8-20/h12-16,21H,3-7,9-10H2,1-2H3. The minimum Gasteiger partial charge on any atom is -0.463 e. The van der Waals surface area contributed by atoms with Crippen molar-refractivity contribution in [2.45, 2.75) is 69.8 Å². The molecule has 1 amide bonds. The van der Waals surface area contributed by atoms with Gasteiger partial charge in [-0.15, -0.1) is 0 Å². The number of nitrogens with zero attached hydrogens (tertiary/aromatic N) is 2. The van der Waals surface area contributed by atoms with Crippen molar-refractivity contribution in [3.8, 4) is 6.07 Å². The van der Waals surface area contributed by atoms with E-state index in [1.165, 1.54) is 11.8 Å². The molecule has 3 rings (SSSR count). The van der Waals surface area contributed by atoms with Gasteiger partial charge < -0.3 is 15.0 Å². The topological polar surface area (TPSA) is 82.4 Å². The molecule has 0 aromatic rings. The number of hydrogen-bond acceptors (Lipinski definition) is 5. The van der Waals surface area contributed by atoms with Gasteiger partial charge in [-0.1, -0.05) is 0 Å². The third-order valence-corrected chi connectivity index (χ3v) is 5.94. The summed E-state index contributed by atoms with van der Waals surface area (Å²) in [5.74, 6) is 0.583. The molecule has 4 atom stereocenters. The molecule has 25 heavy (non-hydrogen) atoms. The number of rotatable bonds is 4. The molecule has 7 heteroatoms. The lowest BCUT2D eigenvalue weighted by atomic mass is 9.95. The highest BCUT2D eigenvalue weighted by Gasteiger charge is 2.48. The van der Waals surface area contributed by atoms with Crippen molar-refractivity contribution in [2.75, 3.05) is 13.1 Å². The summed E-state index contributed by atoms with van der Waals surface area (Å²) in [4.78, 5) is 24.8. The Morgan fingerprint density at radius 2 is 1.96 bits per heavy atom. The van der Waals surface area contributed by atoms with Crippen molar-refractivity contribution >= 4 is 11.9 Å². The molecule has 0 spiro atoms. The van der Waals surface area contributed by atoms with Gasteiger partial charge in [0.25, 0.3) is 0 Å². The lowest BCUT2D eigenvalue weighted by Gasteiger charge is -2.29. The molecular formula is C18H26FN3O3. The van der Waals surface area contributed by atoms with Crippen LogP contribution in [-0.2, 0) is 14.3 Å². The van der Waals surface area contributed by atoms with Crippen LogP contribution in [0.3, 0.4) is 0 Å². The Bertz CT molecular complexity index is 577. The second kappa shape index (κ2) is 6.91. The maximum Gasteiger partial charge on any atom is 0.302 e. The Morgan fingerprint density at radius 1 is 1.32 bits per heavy atom. The van der Waals surface area contributed by atoms with Crippen LogP contribution in [0.1, 0.15) is 46.0 Å². The average molecular weight is 351 g/mol. The number of hydrogen-bond donors (Lipinski definition) is 1. The molecule has 4 unspecified atom stereocenters. The molecule has 0 radical (unpaired) electrons. The van der Waals surface area contributed by atoms with Crippen LogP contribution in [0.4, 0.5) is 4.39 Å². The summed E-state index contributed by atoms with van der Waals surface area (Å²) in [6.45, 7) is 3.71. The average Bonchev–Trinajstić information content (AvgIpc) is 3.15. The van der Waals surface area contributed by atoms with Gasteiger partial charge in [0.2, 0.25) is 5.91 Å². The van der Waals surface area contributed by atoms with Crippen LogP contribution in [0.25, 0.3) is 0 Å². The summed E-state index contributed by atoms with van der Waals surface area (Å²) >= 11 is 0. The highest BCUT2D eigenvalue weighted by Crippen LogP contribution is 2.49. The van der Waals surface area contributed by atoms with Crippen LogP contribution in [0.5, 0.6) is 0 Å². The third-order valence-electron chi connectivity index (χ3n) is 5.94. The Morgan fingerprint density at radius 3 is 2.52 bits per heavy atom. The fourth-order valence-corrected chi connectivity index (χ4v) is 4.95. The second-order valence-electron chi connectivity index (χ2n) is 8.07. The maximum absolute atomic E-state index is 13.5. The molecule has 1 aliphatic heterocycles. The van der Waals surface area contributed by atoms with Gasteiger partial charge in [-0.05, 0) is 44.4 Å². The van der Waals surface area contributed by atoms with E-state index in [1.807, 2.05) is 6.07 Å². The minimum atomic E-state index is -1.10. The number of likely N-dealkylation sites (tertiary alicyclic amines) is 1. The number of carbonyl (C=O) groups is 2. The van der Waals surface area contributed by atoms with Gasteiger partial charge in [-0.25, -0.2) is 4.39 Å². The lowest BCUT2D eigenvalue weighted by molar-refractivity contribution is -0.146. The van der Waals surface area contributed by atoms with Crippen molar-refractivity contribution < 1.29 is 18.7 Å². The highest BCUT2D eigenvalue weighted by molar-refractivity contribution is 5.79. The van der Waals surface area contributed by atoms with E-state index in [-0.39, 0.29) is 43.0 Å². The molecule has 138 valence electrons. The molecular weight excluding hydrogens is 325 g/mol. The molecule has 0 aromatic carbocycles. The zero-order valence-corrected chi connectivity index (χ0v) is 14.8. The number of esters is 1. The van der Waals surface area contributed by atoms with Gasteiger partial charge in [0.05, 0.1) is 19.2 Å². The van der Waals surface area contributed by atoms with E-state index in [1.54, 1.807) is 0 Å². The SMILES string of the molecule is CC(=O)OC1CC2CC(C)(NCC(=O)N3CC(F)CC3C#N)CC2C1. The number of amides is 1. The molecule has 1 saturated heterocycles. The minimum absolute atomic E-state index is 0.0186. The first-order valence-electron chi connectivity index (χ1n) is 9.05. The van der Waals surface area contributed by atoms with E-state index < -0.39 is 12.2 Å². The fourth-order valence-electron chi connectivity index (χ4n) is 4.95. The van der Waals surface area contributed by atoms with Crippen molar-refractivity contribution in [1.29, 1.82) is 5.26 Å². The number of halogens is 1. The van der Waals surface area contributed by atoms with Crippen molar-refractivity contribution in [3.05, 3.63) is 0 Å². The largest absolute Gasteiger partial charge is 0.463 e. The number of carbonyl (C=O) groups excluding carboxylic acids is 2. The summed E-state index contributed by atoms with van der Waals surface area (Å²) in [6, 6.07) is 1.36. The number of alkyl halides is 1. The zero-order chi connectivity index (χ0) is 18.2. The predicted molar refractivity (Wildman–Crippen MR) is 88.0 cm³/mol. The summed E-state index contributed by atoms with van der Waals surface area (Å²) in [7, 11) is 0. The van der Waals surface area contributed by atoms with E-state index in [2.05, 4.69) is 12.2 Å². The van der Waals surface area contributed by atoms with Gasteiger partial charge in [0.1, 0.15) is 18.3 Å². The van der Waals surface area contributed by atoms with E-state index in [9.17, 15) is 14.0 Å². The monoisotopic (exact) mass is 351 g/mol. The van der Waals surface area contributed by atoms with Gasteiger partial charge >= 0.3 is 5.97 Å². The molecule has 3 fully saturated rings. The summed E-state index contributed by atoms with van der Waals surface area (Å²) < 4.78 is 18.8. The van der Waals surface area contributed by atoms with E-state index in [0.717, 1.165) is 25.7 Å². The Hall–Kier alpha value is -1.68. The summed E-state index contributed by atoms with van der Waals surface area (Å²) in [6.07, 6.45) is 2.70. The van der Waals surface area contributed by atoms with Gasteiger partial charge in [0.15, 0.2) is 0 Å². The van der Waals surface area contributed by atoms with Gasteiger partial charge in [-0.3, -0.25) is 9.59 Å². The van der Waals surface area contributed by atoms with Crippen molar-refractivity contribution in [3.63, 3.8) is 0 Å². The molecule has 1 N–H and O–H groups in total. The zero-order valence-electron chi connectivity index (χ0n) is 14.8. The normalized spacial score (nSPS) is 39.9. The number of fused-ring (bicyclic) bond motifs is 1. The predicted octanol–water partition coefficient (Wildman–Crippen LogP) is 1.55. The van der Waals surface area contributed by atoms with Gasteiger partial charge in [-0.2, -0.15) is 5.26 Å². The van der Waals surface area contributed by atoms with Crippen LogP contribution < -0.4 is 5.32 Å². The number of nitriles is 1. The third kappa shape index (κ3) is 3.95. The first-order chi connectivity index (χ1) is 11.8. The van der Waals surface area contributed by atoms with Crippen LogP contribution in [0.2, 0.25) is 0 Å². The van der Waals surface area contributed by atoms with Gasteiger partial charge in [0, 0.05) is 18.9 Å². The molecule has 2 saturated carbocycles. The molecule has 0 aromatic heterocycles. The molecule has 6 nitrogen and oxygen atoms in total. The van der Waals surface area contributed by atoms with Crippen LogP contribution in [0.15, 0.2) is 0 Å². The van der Waals surface area contributed by atoms with E-state index in [4.69, 9.17) is 10.00 Å². The Kier molecular flexibility index (Phi) is 5.01. The molecule has 3 aliphatic rings. The maximum atomic E-state index is 13.5. The number of ether oxygens (including phenoxy) is 1. The van der Waals surface area contributed by atoms with Crippen LogP contribution in [-0.4, -0.2) is 53.7 Å². The summed E-state index contributed by atoms with van der Waals surface area (Å²) in [5.41, 5.74) is -0.136. The van der Waals surface area contributed by atoms with Crippen LogP contribution >= 0.6 is 0 Å². The quantitative estimate of drug-likeness (QED) is 0.777. The molecule has 1 heterocycles. The second-order valence-corrected chi connectivity index (χ2v) is 8.07. The smallest absolute Gasteiger partial charge is 0.302 e. The molecule has 0 bridgehead atoms. The first-order valence-corrected chi connectivity index (χ1v) is 9.05. The Balaban J connectivity index is 1.49. The van der Waals surface area contributed by atoms with E-state index in [0.29, 0.717) is 11.8 Å². The highest BCUT2D eigenvalue weighted by atomic mass is 19.1.